The van der Waals surface area contributed by atoms with E-state index >= 15 is 0 Å². The van der Waals surface area contributed by atoms with Crippen LogP contribution in [0.5, 0.6) is 5.75 Å². The molecule has 3 rings (SSSR count). The number of ether oxygens (including phenoxy) is 2. The summed E-state index contributed by atoms with van der Waals surface area (Å²) in [6.07, 6.45) is 10.7. The zero-order chi connectivity index (χ0) is 18.0. The van der Waals surface area contributed by atoms with E-state index in [9.17, 15) is 0 Å². The van der Waals surface area contributed by atoms with E-state index < -0.39 is 0 Å². The van der Waals surface area contributed by atoms with Gasteiger partial charge in [-0.1, -0.05) is 64.5 Å². The highest BCUT2D eigenvalue weighted by molar-refractivity contribution is 9.10. The van der Waals surface area contributed by atoms with E-state index in [1.807, 2.05) is 30.3 Å². The van der Waals surface area contributed by atoms with E-state index in [2.05, 4.69) is 52.3 Å². The molecule has 0 bridgehead atoms. The summed E-state index contributed by atoms with van der Waals surface area (Å²) < 4.78 is 12.9. The van der Waals surface area contributed by atoms with Crippen LogP contribution in [-0.4, -0.2) is 12.7 Å². The van der Waals surface area contributed by atoms with Crippen LogP contribution in [-0.2, 0) is 11.3 Å². The Balaban J connectivity index is 1.29. The van der Waals surface area contributed by atoms with Crippen LogP contribution in [0.2, 0.25) is 0 Å². The molecular weight excluding hydrogens is 388 g/mol. The fraction of sp³-hybridized carbons (Fsp3) is 0.391. The largest absolute Gasteiger partial charge is 0.490 e. The van der Waals surface area contributed by atoms with Gasteiger partial charge in [0.25, 0.3) is 0 Å². The van der Waals surface area contributed by atoms with Crippen molar-refractivity contribution in [3.05, 3.63) is 76.8 Å². The topological polar surface area (TPSA) is 18.5 Å². The molecule has 0 amide bonds. The maximum absolute atomic E-state index is 6.11. The van der Waals surface area contributed by atoms with Gasteiger partial charge in [0.05, 0.1) is 19.3 Å². The molecule has 26 heavy (non-hydrogen) atoms. The van der Waals surface area contributed by atoms with Crippen LogP contribution < -0.4 is 4.74 Å². The minimum Gasteiger partial charge on any atom is -0.490 e. The van der Waals surface area contributed by atoms with Crippen molar-refractivity contribution in [3.8, 4) is 5.75 Å². The Morgan fingerprint density at radius 2 is 1.77 bits per heavy atom. The normalized spacial score (nSPS) is 20.3. The summed E-state index contributed by atoms with van der Waals surface area (Å²) in [7, 11) is 0. The molecule has 1 fully saturated rings. The van der Waals surface area contributed by atoms with Gasteiger partial charge < -0.3 is 9.47 Å². The van der Waals surface area contributed by atoms with Gasteiger partial charge in [0.2, 0.25) is 0 Å². The molecule has 2 aromatic rings. The highest BCUT2D eigenvalue weighted by Gasteiger charge is 2.20. The molecule has 1 aliphatic rings. The Kier molecular flexibility index (Phi) is 7.78. The van der Waals surface area contributed by atoms with Gasteiger partial charge in [-0.25, -0.2) is 0 Å². The maximum Gasteiger partial charge on any atom is 0.120 e. The lowest BCUT2D eigenvalue weighted by Crippen LogP contribution is -2.23. The monoisotopic (exact) mass is 414 g/mol. The highest BCUT2D eigenvalue weighted by atomic mass is 79.9. The van der Waals surface area contributed by atoms with Crippen molar-refractivity contribution in [2.45, 2.75) is 44.8 Å². The molecule has 0 aliphatic heterocycles. The second-order valence-electron chi connectivity index (χ2n) is 6.87. The number of rotatable bonds is 8. The van der Waals surface area contributed by atoms with Crippen molar-refractivity contribution in [1.82, 2.24) is 0 Å². The molecule has 0 unspecified atom stereocenters. The first-order chi connectivity index (χ1) is 12.8. The number of benzene rings is 2. The Morgan fingerprint density at radius 3 is 2.54 bits per heavy atom. The van der Waals surface area contributed by atoms with Crippen molar-refractivity contribution >= 4 is 15.9 Å². The average Bonchev–Trinajstić information content (AvgIpc) is 2.67. The lowest BCUT2D eigenvalue weighted by molar-refractivity contribution is 0.125. The molecule has 0 atom stereocenters. The maximum atomic E-state index is 6.11. The molecule has 2 nitrogen and oxygen atoms in total. The molecule has 0 heterocycles. The van der Waals surface area contributed by atoms with Gasteiger partial charge in [-0.2, -0.15) is 0 Å². The van der Waals surface area contributed by atoms with E-state index in [0.29, 0.717) is 18.6 Å². The fourth-order valence-electron chi connectivity index (χ4n) is 3.34. The van der Waals surface area contributed by atoms with Crippen molar-refractivity contribution < 1.29 is 9.47 Å². The van der Waals surface area contributed by atoms with Gasteiger partial charge in [0.15, 0.2) is 0 Å². The van der Waals surface area contributed by atoms with Crippen LogP contribution in [0.3, 0.4) is 0 Å². The summed E-state index contributed by atoms with van der Waals surface area (Å²) in [5.74, 6) is 1.65. The number of hydrogen-bond donors (Lipinski definition) is 0. The van der Waals surface area contributed by atoms with Crippen molar-refractivity contribution in [2.24, 2.45) is 5.92 Å². The minimum atomic E-state index is 0.350. The van der Waals surface area contributed by atoms with Gasteiger partial charge >= 0.3 is 0 Å². The number of halogens is 1. The predicted octanol–water partition coefficient (Wildman–Crippen LogP) is 6.55. The van der Waals surface area contributed by atoms with Crippen LogP contribution in [0.1, 0.15) is 37.7 Å². The third kappa shape index (κ3) is 6.62. The molecule has 0 radical (unpaired) electrons. The first-order valence-electron chi connectivity index (χ1n) is 9.50. The lowest BCUT2D eigenvalue weighted by atomic mass is 9.87. The average molecular weight is 415 g/mol. The Hall–Kier alpha value is -1.58. The number of hydrogen-bond acceptors (Lipinski definition) is 2. The SMILES string of the molecule is Brc1cccc(OC2CCC(/C=C/CCOCc3ccccc3)CC2)c1. The highest BCUT2D eigenvalue weighted by Crippen LogP contribution is 2.29. The van der Waals surface area contributed by atoms with Crippen LogP contribution in [0, 0.1) is 5.92 Å². The Labute approximate surface area is 165 Å². The first kappa shape index (κ1) is 19.2. The van der Waals surface area contributed by atoms with Crippen molar-refractivity contribution in [1.29, 1.82) is 0 Å². The third-order valence-electron chi connectivity index (χ3n) is 4.77. The Bertz CT molecular complexity index is 676. The van der Waals surface area contributed by atoms with Gasteiger partial charge in [-0.3, -0.25) is 0 Å². The Morgan fingerprint density at radius 1 is 0.962 bits per heavy atom. The number of allylic oxidation sites excluding steroid dienone is 1. The molecule has 0 N–H and O–H groups in total. The van der Waals surface area contributed by atoms with E-state index in [1.54, 1.807) is 0 Å². The third-order valence-corrected chi connectivity index (χ3v) is 5.26. The van der Waals surface area contributed by atoms with Crippen molar-refractivity contribution in [3.63, 3.8) is 0 Å². The molecule has 0 spiro atoms. The predicted molar refractivity (Wildman–Crippen MR) is 110 cm³/mol. The lowest BCUT2D eigenvalue weighted by Gasteiger charge is -2.27. The molecule has 0 aromatic heterocycles. The van der Waals surface area contributed by atoms with Gasteiger partial charge in [-0.15, -0.1) is 0 Å². The minimum absolute atomic E-state index is 0.350. The standard InChI is InChI=1S/C23H27BrO2/c24-21-10-6-11-23(17-21)26-22-14-12-19(13-15-22)7-4-5-16-25-18-20-8-2-1-3-9-20/h1-4,6-11,17,19,22H,5,12-16,18H2/b7-4+. The van der Waals surface area contributed by atoms with Crippen LogP contribution in [0.4, 0.5) is 0 Å². The second kappa shape index (κ2) is 10.5. The smallest absolute Gasteiger partial charge is 0.120 e. The van der Waals surface area contributed by atoms with Crippen LogP contribution >= 0.6 is 15.9 Å². The van der Waals surface area contributed by atoms with Crippen LogP contribution in [0.15, 0.2) is 71.2 Å². The van der Waals surface area contributed by atoms with E-state index in [1.165, 1.54) is 18.4 Å². The van der Waals surface area contributed by atoms with E-state index in [0.717, 1.165) is 36.1 Å². The molecule has 0 saturated heterocycles. The van der Waals surface area contributed by atoms with Gasteiger partial charge in [0, 0.05) is 4.47 Å². The summed E-state index contributed by atoms with van der Waals surface area (Å²) >= 11 is 3.50. The van der Waals surface area contributed by atoms with Crippen molar-refractivity contribution in [2.75, 3.05) is 6.61 Å². The zero-order valence-corrected chi connectivity index (χ0v) is 16.7. The summed E-state index contributed by atoms with van der Waals surface area (Å²) in [5.41, 5.74) is 1.24. The molecular formula is C23H27BrO2. The van der Waals surface area contributed by atoms with E-state index in [4.69, 9.17) is 9.47 Å². The first-order valence-corrected chi connectivity index (χ1v) is 10.3. The molecule has 2 aromatic carbocycles. The summed E-state index contributed by atoms with van der Waals surface area (Å²) in [5, 5.41) is 0. The quantitative estimate of drug-likeness (QED) is 0.360. The zero-order valence-electron chi connectivity index (χ0n) is 15.1. The van der Waals surface area contributed by atoms with E-state index in [-0.39, 0.29) is 0 Å². The molecule has 138 valence electrons. The van der Waals surface area contributed by atoms with Gasteiger partial charge in [-0.05, 0) is 61.8 Å². The second-order valence-corrected chi connectivity index (χ2v) is 7.78. The summed E-state index contributed by atoms with van der Waals surface area (Å²) in [6.45, 7) is 1.49. The summed E-state index contributed by atoms with van der Waals surface area (Å²) in [4.78, 5) is 0. The van der Waals surface area contributed by atoms with Crippen LogP contribution in [0.25, 0.3) is 0 Å². The molecule has 1 aliphatic carbocycles. The van der Waals surface area contributed by atoms with Gasteiger partial charge in [0.1, 0.15) is 5.75 Å². The summed E-state index contributed by atoms with van der Waals surface area (Å²) in [6, 6.07) is 18.5. The molecule has 3 heteroatoms. The molecule has 1 saturated carbocycles. The fourth-order valence-corrected chi connectivity index (χ4v) is 3.71.